The standard InChI is InChI=1S/C17H25NO7S/c1-17(2,3)24-16(20)18-11-13(10-15(19)23-4)12-6-8-14(9-7-12)25-26(5,21)22/h6-9,13H,10-11H2,1-5H3,(H,18,20). The molecular weight excluding hydrogens is 362 g/mol. The topological polar surface area (TPSA) is 108 Å². The maximum absolute atomic E-state index is 11.8. The molecule has 1 amide bonds. The number of hydrogen-bond donors (Lipinski definition) is 1. The Morgan fingerprint density at radius 2 is 1.73 bits per heavy atom. The Morgan fingerprint density at radius 1 is 1.15 bits per heavy atom. The van der Waals surface area contributed by atoms with Crippen molar-refractivity contribution in [2.75, 3.05) is 19.9 Å². The Kier molecular flexibility index (Phi) is 7.43. The number of alkyl carbamates (subject to hydrolysis) is 1. The fraction of sp³-hybridized carbons (Fsp3) is 0.529. The first-order chi connectivity index (χ1) is 11.9. The van der Waals surface area contributed by atoms with Crippen LogP contribution in [0.15, 0.2) is 24.3 Å². The van der Waals surface area contributed by atoms with Crippen LogP contribution in [0.2, 0.25) is 0 Å². The van der Waals surface area contributed by atoms with E-state index in [1.165, 1.54) is 19.2 Å². The largest absolute Gasteiger partial charge is 0.469 e. The molecule has 0 saturated heterocycles. The maximum Gasteiger partial charge on any atom is 0.407 e. The van der Waals surface area contributed by atoms with Crippen LogP contribution in [0.5, 0.6) is 5.75 Å². The Labute approximate surface area is 153 Å². The van der Waals surface area contributed by atoms with Gasteiger partial charge in [0.1, 0.15) is 11.4 Å². The molecule has 0 aliphatic rings. The molecule has 8 nitrogen and oxygen atoms in total. The van der Waals surface area contributed by atoms with Gasteiger partial charge >= 0.3 is 22.2 Å². The summed E-state index contributed by atoms with van der Waals surface area (Å²) in [6.45, 7) is 5.40. The van der Waals surface area contributed by atoms with Gasteiger partial charge in [-0.3, -0.25) is 4.79 Å². The second-order valence-electron chi connectivity index (χ2n) is 6.72. The second kappa shape index (κ2) is 8.88. The van der Waals surface area contributed by atoms with Crippen LogP contribution in [0.25, 0.3) is 0 Å². The number of ether oxygens (including phenoxy) is 2. The van der Waals surface area contributed by atoms with E-state index in [4.69, 9.17) is 13.7 Å². The maximum atomic E-state index is 11.8. The molecule has 0 heterocycles. The van der Waals surface area contributed by atoms with E-state index >= 15 is 0 Å². The molecule has 0 fully saturated rings. The minimum absolute atomic E-state index is 0.0403. The summed E-state index contributed by atoms with van der Waals surface area (Å²) in [5, 5.41) is 2.62. The van der Waals surface area contributed by atoms with Crippen LogP contribution >= 0.6 is 0 Å². The molecule has 0 aliphatic heterocycles. The van der Waals surface area contributed by atoms with Crippen LogP contribution in [-0.4, -0.2) is 46.0 Å². The number of methoxy groups -OCH3 is 1. The highest BCUT2D eigenvalue weighted by Crippen LogP contribution is 2.23. The van der Waals surface area contributed by atoms with Gasteiger partial charge in [0.25, 0.3) is 0 Å². The quantitative estimate of drug-likeness (QED) is 0.564. The first-order valence-electron chi connectivity index (χ1n) is 7.92. The summed E-state index contributed by atoms with van der Waals surface area (Å²) in [7, 11) is -2.34. The SMILES string of the molecule is COC(=O)CC(CNC(=O)OC(C)(C)C)c1ccc(OS(C)(=O)=O)cc1. The molecule has 1 N–H and O–H groups in total. The van der Waals surface area contributed by atoms with E-state index in [-0.39, 0.29) is 24.6 Å². The second-order valence-corrected chi connectivity index (χ2v) is 8.29. The lowest BCUT2D eigenvalue weighted by molar-refractivity contribution is -0.141. The summed E-state index contributed by atoms with van der Waals surface area (Å²) in [5.74, 6) is -0.645. The minimum atomic E-state index is -3.62. The summed E-state index contributed by atoms with van der Waals surface area (Å²) in [6.07, 6.45) is 0.397. The number of nitrogens with one attached hydrogen (secondary N) is 1. The summed E-state index contributed by atoms with van der Waals surface area (Å²) >= 11 is 0. The van der Waals surface area contributed by atoms with Gasteiger partial charge in [0, 0.05) is 12.5 Å². The monoisotopic (exact) mass is 387 g/mol. The van der Waals surface area contributed by atoms with Gasteiger partial charge in [0.2, 0.25) is 0 Å². The van der Waals surface area contributed by atoms with Crippen molar-refractivity contribution in [3.05, 3.63) is 29.8 Å². The van der Waals surface area contributed by atoms with Gasteiger partial charge in [0.15, 0.2) is 0 Å². The van der Waals surface area contributed by atoms with Crippen LogP contribution in [-0.2, 0) is 24.4 Å². The lowest BCUT2D eigenvalue weighted by Crippen LogP contribution is -2.35. The molecule has 0 bridgehead atoms. The first-order valence-corrected chi connectivity index (χ1v) is 9.74. The minimum Gasteiger partial charge on any atom is -0.469 e. The van der Waals surface area contributed by atoms with Gasteiger partial charge in [-0.15, -0.1) is 0 Å². The molecule has 1 atom stereocenters. The van der Waals surface area contributed by atoms with E-state index in [0.717, 1.165) is 6.26 Å². The zero-order valence-corrected chi connectivity index (χ0v) is 16.4. The fourth-order valence-electron chi connectivity index (χ4n) is 2.08. The number of amides is 1. The molecule has 0 spiro atoms. The third-order valence-corrected chi connectivity index (χ3v) is 3.63. The highest BCUT2D eigenvalue weighted by atomic mass is 32.2. The molecule has 1 aromatic rings. The molecule has 1 rings (SSSR count). The molecular formula is C17H25NO7S. The molecule has 9 heteroatoms. The van der Waals surface area contributed by atoms with Crippen molar-refractivity contribution in [2.24, 2.45) is 0 Å². The average molecular weight is 387 g/mol. The van der Waals surface area contributed by atoms with Gasteiger partial charge in [0.05, 0.1) is 19.8 Å². The fourth-order valence-corrected chi connectivity index (χ4v) is 2.54. The Morgan fingerprint density at radius 3 is 2.19 bits per heavy atom. The van der Waals surface area contributed by atoms with Gasteiger partial charge in [-0.1, -0.05) is 12.1 Å². The van der Waals surface area contributed by atoms with E-state index in [0.29, 0.717) is 5.56 Å². The predicted molar refractivity (Wildman–Crippen MR) is 95.5 cm³/mol. The number of carbonyl (C=O) groups excluding carboxylic acids is 2. The van der Waals surface area contributed by atoms with E-state index in [9.17, 15) is 18.0 Å². The molecule has 0 aliphatic carbocycles. The predicted octanol–water partition coefficient (Wildman–Crippen LogP) is 2.20. The number of hydrogen-bond acceptors (Lipinski definition) is 7. The highest BCUT2D eigenvalue weighted by molar-refractivity contribution is 7.86. The first kappa shape index (κ1) is 21.8. The van der Waals surface area contributed by atoms with Gasteiger partial charge in [-0.2, -0.15) is 8.42 Å². The zero-order valence-electron chi connectivity index (χ0n) is 15.6. The molecule has 0 aromatic heterocycles. The summed E-state index contributed by atoms with van der Waals surface area (Å²) in [6, 6.07) is 6.22. The number of carbonyl (C=O) groups is 2. The normalized spacial score (nSPS) is 12.8. The van der Waals surface area contributed by atoms with Gasteiger partial charge in [-0.25, -0.2) is 4.79 Å². The van der Waals surface area contributed by atoms with Crippen LogP contribution < -0.4 is 9.50 Å². The summed E-state index contributed by atoms with van der Waals surface area (Å²) in [4.78, 5) is 23.5. The highest BCUT2D eigenvalue weighted by Gasteiger charge is 2.21. The van der Waals surface area contributed by atoms with E-state index in [1.54, 1.807) is 32.9 Å². The summed E-state index contributed by atoms with van der Waals surface area (Å²) < 4.78 is 37.0. The lowest BCUT2D eigenvalue weighted by atomic mass is 9.95. The smallest absolute Gasteiger partial charge is 0.407 e. The molecule has 146 valence electrons. The van der Waals surface area contributed by atoms with Crippen LogP contribution in [0.3, 0.4) is 0 Å². The van der Waals surface area contributed by atoms with Crippen molar-refractivity contribution in [3.63, 3.8) is 0 Å². The van der Waals surface area contributed by atoms with Crippen LogP contribution in [0, 0.1) is 0 Å². The van der Waals surface area contributed by atoms with E-state index < -0.39 is 27.8 Å². The van der Waals surface area contributed by atoms with E-state index in [2.05, 4.69) is 5.32 Å². The molecule has 1 aromatic carbocycles. The van der Waals surface area contributed by atoms with E-state index in [1.807, 2.05) is 0 Å². The Hall–Kier alpha value is -2.29. The van der Waals surface area contributed by atoms with Crippen molar-refractivity contribution in [1.82, 2.24) is 5.32 Å². The van der Waals surface area contributed by atoms with Crippen molar-refractivity contribution < 1.29 is 31.7 Å². The molecule has 26 heavy (non-hydrogen) atoms. The Balaban J connectivity index is 2.85. The van der Waals surface area contributed by atoms with Crippen LogP contribution in [0.1, 0.15) is 38.7 Å². The van der Waals surface area contributed by atoms with Crippen molar-refractivity contribution >= 4 is 22.2 Å². The van der Waals surface area contributed by atoms with Crippen LogP contribution in [0.4, 0.5) is 4.79 Å². The van der Waals surface area contributed by atoms with Gasteiger partial charge < -0.3 is 19.0 Å². The third kappa shape index (κ3) is 8.70. The molecule has 1 unspecified atom stereocenters. The summed E-state index contributed by atoms with van der Waals surface area (Å²) in [5.41, 5.74) is 0.0827. The number of benzene rings is 1. The van der Waals surface area contributed by atoms with Crippen molar-refractivity contribution in [2.45, 2.75) is 38.7 Å². The third-order valence-electron chi connectivity index (χ3n) is 3.13. The Bertz CT molecular complexity index is 720. The average Bonchev–Trinajstić information content (AvgIpc) is 2.48. The van der Waals surface area contributed by atoms with Crippen molar-refractivity contribution in [1.29, 1.82) is 0 Å². The van der Waals surface area contributed by atoms with Gasteiger partial charge in [-0.05, 0) is 38.5 Å². The molecule has 0 radical (unpaired) electrons. The van der Waals surface area contributed by atoms with Crippen molar-refractivity contribution in [3.8, 4) is 5.75 Å². The number of esters is 1. The number of rotatable bonds is 7. The molecule has 0 saturated carbocycles. The zero-order chi connectivity index (χ0) is 20.0. The lowest BCUT2D eigenvalue weighted by Gasteiger charge is -2.22.